The van der Waals surface area contributed by atoms with Gasteiger partial charge in [-0.2, -0.15) is 0 Å². The first-order valence-corrected chi connectivity index (χ1v) is 28.0. The Morgan fingerprint density at radius 2 is 0.862 bits per heavy atom. The number of carbonyl (C=O) groups is 1. The van der Waals surface area contributed by atoms with Crippen LogP contribution >= 0.6 is 0 Å². The smallest absolute Gasteiger partial charge is 0.249 e. The zero-order valence-electron chi connectivity index (χ0n) is 42.4. The van der Waals surface area contributed by atoms with Crippen molar-refractivity contribution in [3.8, 4) is 0 Å². The average Bonchev–Trinajstić information content (AvgIpc) is 3.31. The summed E-state index contributed by atoms with van der Waals surface area (Å²) in [6, 6.07) is -0.890. The number of aliphatic hydroxyl groups is 6. The SMILES string of the molecule is CCCCCCCCCCCCCC/C=C\CCCCCCCCCCCCCCCC(O)C(=O)NC(COC1OC(CO)C(O)C(O)C1O)C(O)CCCCCCCCCCCCC. The molecule has 0 aromatic rings. The molecule has 1 aliphatic rings. The quantitative estimate of drug-likeness (QED) is 0.0232. The molecule has 65 heavy (non-hydrogen) atoms. The van der Waals surface area contributed by atoms with E-state index in [2.05, 4.69) is 31.3 Å². The second kappa shape index (κ2) is 45.3. The molecule has 0 bridgehead atoms. The normalized spacial score (nSPS) is 20.4. The van der Waals surface area contributed by atoms with Gasteiger partial charge in [-0.3, -0.25) is 4.79 Å². The van der Waals surface area contributed by atoms with Crippen molar-refractivity contribution in [3.63, 3.8) is 0 Å². The van der Waals surface area contributed by atoms with E-state index in [4.69, 9.17) is 9.47 Å². The first-order valence-electron chi connectivity index (χ1n) is 28.0. The van der Waals surface area contributed by atoms with Gasteiger partial charge in [-0.25, -0.2) is 0 Å². The number of unbranched alkanes of at least 4 members (excludes halogenated alkanes) is 35. The Kier molecular flexibility index (Phi) is 43.2. The van der Waals surface area contributed by atoms with Gasteiger partial charge >= 0.3 is 0 Å². The molecule has 1 aliphatic heterocycles. The predicted molar refractivity (Wildman–Crippen MR) is 269 cm³/mol. The second-order valence-corrected chi connectivity index (χ2v) is 19.9. The highest BCUT2D eigenvalue weighted by Crippen LogP contribution is 2.23. The van der Waals surface area contributed by atoms with Crippen molar-refractivity contribution in [2.75, 3.05) is 13.2 Å². The van der Waals surface area contributed by atoms with E-state index in [9.17, 15) is 35.4 Å². The van der Waals surface area contributed by atoms with Gasteiger partial charge in [0.15, 0.2) is 6.29 Å². The number of amides is 1. The Hall–Kier alpha value is -1.11. The first-order chi connectivity index (χ1) is 31.8. The van der Waals surface area contributed by atoms with Crippen molar-refractivity contribution < 1.29 is 44.9 Å². The lowest BCUT2D eigenvalue weighted by Gasteiger charge is -2.40. The van der Waals surface area contributed by atoms with Gasteiger partial charge < -0.3 is 45.4 Å². The number of aliphatic hydroxyl groups excluding tert-OH is 6. The topological polar surface area (TPSA) is 169 Å². The van der Waals surface area contributed by atoms with E-state index < -0.39 is 61.5 Å². The average molecular weight is 926 g/mol. The first kappa shape index (κ1) is 61.9. The van der Waals surface area contributed by atoms with Crippen molar-refractivity contribution in [1.29, 1.82) is 0 Å². The predicted octanol–water partition coefficient (Wildman–Crippen LogP) is 12.2. The summed E-state index contributed by atoms with van der Waals surface area (Å²) in [7, 11) is 0. The summed E-state index contributed by atoms with van der Waals surface area (Å²) in [5.41, 5.74) is 0. The third-order valence-corrected chi connectivity index (χ3v) is 13.7. The van der Waals surface area contributed by atoms with E-state index in [-0.39, 0.29) is 6.61 Å². The number of allylic oxidation sites excluding steroid dienone is 2. The summed E-state index contributed by atoms with van der Waals surface area (Å²) < 4.78 is 11.2. The molecule has 8 atom stereocenters. The van der Waals surface area contributed by atoms with Crippen molar-refractivity contribution in [3.05, 3.63) is 12.2 Å². The van der Waals surface area contributed by atoms with Gasteiger partial charge in [0.2, 0.25) is 5.91 Å². The molecule has 386 valence electrons. The molecule has 0 aromatic heterocycles. The Bertz CT molecular complexity index is 1050. The van der Waals surface area contributed by atoms with Crippen LogP contribution in [0.15, 0.2) is 12.2 Å². The molecular formula is C55H107NO9. The third kappa shape index (κ3) is 34.8. The van der Waals surface area contributed by atoms with Crippen LogP contribution in [0.5, 0.6) is 0 Å². The van der Waals surface area contributed by atoms with Crippen LogP contribution in [0, 0.1) is 0 Å². The maximum absolute atomic E-state index is 13.1. The van der Waals surface area contributed by atoms with Crippen LogP contribution < -0.4 is 5.32 Å². The zero-order valence-corrected chi connectivity index (χ0v) is 42.4. The lowest BCUT2D eigenvalue weighted by Crippen LogP contribution is -2.60. The van der Waals surface area contributed by atoms with Gasteiger partial charge in [0.1, 0.15) is 30.5 Å². The Morgan fingerprint density at radius 3 is 1.25 bits per heavy atom. The molecule has 1 amide bonds. The van der Waals surface area contributed by atoms with Crippen LogP contribution in [0.3, 0.4) is 0 Å². The molecular weight excluding hydrogens is 819 g/mol. The van der Waals surface area contributed by atoms with Crippen molar-refractivity contribution >= 4 is 5.91 Å². The van der Waals surface area contributed by atoms with Crippen LogP contribution in [0.4, 0.5) is 0 Å². The second-order valence-electron chi connectivity index (χ2n) is 19.9. The van der Waals surface area contributed by atoms with Gasteiger partial charge in [-0.05, 0) is 38.5 Å². The summed E-state index contributed by atoms with van der Waals surface area (Å²) in [5, 5.41) is 65.0. The molecule has 0 saturated carbocycles. The molecule has 0 spiro atoms. The number of ether oxygens (including phenoxy) is 2. The van der Waals surface area contributed by atoms with Crippen LogP contribution in [-0.2, 0) is 14.3 Å². The standard InChI is InChI=1S/C55H107NO9/c1-3-5-7-9-11-13-15-16-17-18-19-20-21-22-23-24-25-26-27-28-29-30-31-32-34-36-38-40-42-44-49(59)54(63)56-47(46-64-55-53(62)52(61)51(60)50(45-57)65-55)48(58)43-41-39-37-35-33-14-12-10-8-6-4-2/h22-23,47-53,55,57-62H,3-21,24-46H2,1-2H3,(H,56,63)/b23-22-. The van der Waals surface area contributed by atoms with Crippen molar-refractivity contribution in [2.45, 2.75) is 320 Å². The van der Waals surface area contributed by atoms with E-state index in [0.717, 1.165) is 51.4 Å². The number of nitrogens with one attached hydrogen (secondary N) is 1. The Balaban J connectivity index is 2.16. The molecule has 0 aliphatic carbocycles. The summed E-state index contributed by atoms with van der Waals surface area (Å²) in [6.07, 6.45) is 44.4. The minimum absolute atomic E-state index is 0.252. The van der Waals surface area contributed by atoms with Gasteiger partial charge in [-0.1, -0.05) is 244 Å². The Labute approximate surface area is 399 Å². The fraction of sp³-hybridized carbons (Fsp3) is 0.945. The minimum atomic E-state index is -1.59. The molecule has 1 fully saturated rings. The molecule has 0 radical (unpaired) electrons. The van der Waals surface area contributed by atoms with Crippen LogP contribution in [0.25, 0.3) is 0 Å². The number of rotatable bonds is 48. The summed E-state index contributed by atoms with van der Waals surface area (Å²) in [6.45, 7) is 3.68. The molecule has 0 aromatic carbocycles. The highest BCUT2D eigenvalue weighted by molar-refractivity contribution is 5.80. The van der Waals surface area contributed by atoms with E-state index >= 15 is 0 Å². The largest absolute Gasteiger partial charge is 0.394 e. The van der Waals surface area contributed by atoms with E-state index in [1.54, 1.807) is 0 Å². The van der Waals surface area contributed by atoms with Gasteiger partial charge in [0.25, 0.3) is 0 Å². The Morgan fingerprint density at radius 1 is 0.508 bits per heavy atom. The maximum Gasteiger partial charge on any atom is 0.249 e. The third-order valence-electron chi connectivity index (χ3n) is 13.7. The van der Waals surface area contributed by atoms with E-state index in [0.29, 0.717) is 12.8 Å². The number of hydrogen-bond acceptors (Lipinski definition) is 9. The summed E-state index contributed by atoms with van der Waals surface area (Å²) >= 11 is 0. The maximum atomic E-state index is 13.1. The highest BCUT2D eigenvalue weighted by atomic mass is 16.7. The summed E-state index contributed by atoms with van der Waals surface area (Å²) in [4.78, 5) is 13.1. The van der Waals surface area contributed by atoms with Crippen LogP contribution in [0.2, 0.25) is 0 Å². The van der Waals surface area contributed by atoms with Crippen LogP contribution in [-0.4, -0.2) is 98.7 Å². The summed E-state index contributed by atoms with van der Waals surface area (Å²) in [5.74, 6) is -0.581. The lowest BCUT2D eigenvalue weighted by molar-refractivity contribution is -0.302. The molecule has 1 saturated heterocycles. The van der Waals surface area contributed by atoms with Gasteiger partial charge in [-0.15, -0.1) is 0 Å². The minimum Gasteiger partial charge on any atom is -0.394 e. The van der Waals surface area contributed by atoms with E-state index in [1.165, 1.54) is 193 Å². The molecule has 10 heteroatoms. The fourth-order valence-corrected chi connectivity index (χ4v) is 9.16. The molecule has 8 unspecified atom stereocenters. The van der Waals surface area contributed by atoms with Gasteiger partial charge in [0, 0.05) is 0 Å². The fourth-order valence-electron chi connectivity index (χ4n) is 9.16. The molecule has 1 heterocycles. The van der Waals surface area contributed by atoms with Crippen molar-refractivity contribution in [2.24, 2.45) is 0 Å². The van der Waals surface area contributed by atoms with E-state index in [1.807, 2.05) is 0 Å². The van der Waals surface area contributed by atoms with Gasteiger partial charge in [0.05, 0.1) is 25.4 Å². The lowest BCUT2D eigenvalue weighted by atomic mass is 9.99. The molecule has 1 rings (SSSR count). The zero-order chi connectivity index (χ0) is 47.4. The highest BCUT2D eigenvalue weighted by Gasteiger charge is 2.44. The number of hydrogen-bond donors (Lipinski definition) is 7. The van der Waals surface area contributed by atoms with Crippen molar-refractivity contribution in [1.82, 2.24) is 5.32 Å². The number of carbonyl (C=O) groups excluding carboxylic acids is 1. The molecule has 7 N–H and O–H groups in total. The monoisotopic (exact) mass is 926 g/mol. The van der Waals surface area contributed by atoms with Crippen LogP contribution in [0.1, 0.15) is 271 Å². The molecule has 10 nitrogen and oxygen atoms in total.